The summed E-state index contributed by atoms with van der Waals surface area (Å²) in [6.45, 7) is 5.66. The van der Waals surface area contributed by atoms with E-state index in [1.807, 2.05) is 25.7 Å². The number of aryl methyl sites for hydroxylation is 2. The second-order valence-corrected chi connectivity index (χ2v) is 3.95. The third kappa shape index (κ3) is 3.61. The first-order valence-electron chi connectivity index (χ1n) is 5.98. The molecule has 0 aromatic carbocycles. The molecule has 0 aliphatic heterocycles. The number of hydrogen-bond donors (Lipinski definition) is 1. The minimum atomic E-state index is 0.361. The molecule has 1 heterocycles. The average Bonchev–Trinajstić information content (AvgIpc) is 2.65. The molecule has 1 unspecified atom stereocenters. The summed E-state index contributed by atoms with van der Waals surface area (Å²) in [5.41, 5.74) is 2.42. The molecule has 1 aromatic heterocycles. The van der Waals surface area contributed by atoms with Crippen molar-refractivity contribution in [2.45, 2.75) is 32.7 Å². The molecule has 0 aliphatic rings. The maximum Gasteiger partial charge on any atom is 0.0624 e. The van der Waals surface area contributed by atoms with Gasteiger partial charge < -0.3 is 10.1 Å². The van der Waals surface area contributed by atoms with Gasteiger partial charge in [-0.25, -0.2) is 0 Å². The van der Waals surface area contributed by atoms with Gasteiger partial charge in [0.2, 0.25) is 0 Å². The van der Waals surface area contributed by atoms with Gasteiger partial charge in [-0.2, -0.15) is 5.10 Å². The molecule has 0 amide bonds. The summed E-state index contributed by atoms with van der Waals surface area (Å²) in [7, 11) is 3.97. The van der Waals surface area contributed by atoms with E-state index in [9.17, 15) is 0 Å². The van der Waals surface area contributed by atoms with Crippen molar-refractivity contribution in [1.29, 1.82) is 0 Å². The number of hydrogen-bond acceptors (Lipinski definition) is 3. The van der Waals surface area contributed by atoms with Crippen molar-refractivity contribution in [3.8, 4) is 0 Å². The first kappa shape index (κ1) is 13.2. The quantitative estimate of drug-likeness (QED) is 0.756. The van der Waals surface area contributed by atoms with E-state index in [1.54, 1.807) is 0 Å². The van der Waals surface area contributed by atoms with Gasteiger partial charge in [0, 0.05) is 31.8 Å². The molecule has 1 rings (SSSR count). The van der Waals surface area contributed by atoms with E-state index < -0.39 is 0 Å². The van der Waals surface area contributed by atoms with E-state index in [0.717, 1.165) is 31.7 Å². The fourth-order valence-electron chi connectivity index (χ4n) is 1.69. The Morgan fingerprint density at radius 3 is 2.75 bits per heavy atom. The Morgan fingerprint density at radius 2 is 2.25 bits per heavy atom. The Hall–Kier alpha value is -0.870. The highest BCUT2D eigenvalue weighted by atomic mass is 16.5. The first-order chi connectivity index (χ1) is 7.71. The molecule has 0 radical (unpaired) electrons. The molecule has 0 spiro atoms. The van der Waals surface area contributed by atoms with Crippen LogP contribution in [0.5, 0.6) is 0 Å². The number of nitrogens with zero attached hydrogens (tertiary/aromatic N) is 2. The van der Waals surface area contributed by atoms with Gasteiger partial charge in [-0.1, -0.05) is 6.92 Å². The number of nitrogens with one attached hydrogen (secondary N) is 1. The lowest BCUT2D eigenvalue weighted by atomic mass is 10.1. The summed E-state index contributed by atoms with van der Waals surface area (Å²) in [5, 5.41) is 7.72. The van der Waals surface area contributed by atoms with Gasteiger partial charge in [-0.3, -0.25) is 4.68 Å². The van der Waals surface area contributed by atoms with Crippen LogP contribution in [0.15, 0.2) is 6.07 Å². The largest absolute Gasteiger partial charge is 0.380 e. The lowest BCUT2D eigenvalue weighted by Gasteiger charge is -2.15. The monoisotopic (exact) mass is 225 g/mol. The molecule has 1 aromatic rings. The summed E-state index contributed by atoms with van der Waals surface area (Å²) in [6, 6.07) is 2.54. The lowest BCUT2D eigenvalue weighted by molar-refractivity contribution is 0.124. The molecule has 4 nitrogen and oxygen atoms in total. The SMILES string of the molecule is CCOCC(Cc1cc(CC)nn1C)NC. The van der Waals surface area contributed by atoms with Crippen molar-refractivity contribution in [2.24, 2.45) is 7.05 Å². The molecule has 0 saturated heterocycles. The highest BCUT2D eigenvalue weighted by Gasteiger charge is 2.11. The predicted octanol–water partition coefficient (Wildman–Crippen LogP) is 1.15. The van der Waals surface area contributed by atoms with Crippen LogP contribution in [0.3, 0.4) is 0 Å². The average molecular weight is 225 g/mol. The molecule has 1 atom stereocenters. The van der Waals surface area contributed by atoms with Gasteiger partial charge in [0.25, 0.3) is 0 Å². The Kier molecular flexibility index (Phi) is 5.49. The third-order valence-electron chi connectivity index (χ3n) is 2.78. The molecule has 4 heteroatoms. The van der Waals surface area contributed by atoms with E-state index in [-0.39, 0.29) is 0 Å². The van der Waals surface area contributed by atoms with Crippen LogP contribution in [-0.4, -0.2) is 36.1 Å². The Bertz CT molecular complexity index is 309. The van der Waals surface area contributed by atoms with Gasteiger partial charge >= 0.3 is 0 Å². The molecular weight excluding hydrogens is 202 g/mol. The zero-order valence-electron chi connectivity index (χ0n) is 10.8. The van der Waals surface area contributed by atoms with Crippen LogP contribution in [0.25, 0.3) is 0 Å². The summed E-state index contributed by atoms with van der Waals surface area (Å²) in [5.74, 6) is 0. The Balaban J connectivity index is 2.58. The van der Waals surface area contributed by atoms with Crippen molar-refractivity contribution in [3.63, 3.8) is 0 Å². The molecule has 0 aliphatic carbocycles. The van der Waals surface area contributed by atoms with Crippen LogP contribution in [0.4, 0.5) is 0 Å². The van der Waals surface area contributed by atoms with Crippen molar-refractivity contribution < 1.29 is 4.74 Å². The van der Waals surface area contributed by atoms with Crippen LogP contribution < -0.4 is 5.32 Å². The highest BCUT2D eigenvalue weighted by Crippen LogP contribution is 2.07. The van der Waals surface area contributed by atoms with Gasteiger partial charge in [0.1, 0.15) is 0 Å². The lowest BCUT2D eigenvalue weighted by Crippen LogP contribution is -2.33. The van der Waals surface area contributed by atoms with Crippen molar-refractivity contribution in [3.05, 3.63) is 17.5 Å². The van der Waals surface area contributed by atoms with Crippen LogP contribution in [0.1, 0.15) is 25.2 Å². The number of ether oxygens (including phenoxy) is 1. The van der Waals surface area contributed by atoms with Crippen molar-refractivity contribution in [2.75, 3.05) is 20.3 Å². The number of likely N-dealkylation sites (N-methyl/N-ethyl adjacent to an activating group) is 1. The molecule has 1 N–H and O–H groups in total. The van der Waals surface area contributed by atoms with Crippen LogP contribution in [0.2, 0.25) is 0 Å². The summed E-state index contributed by atoms with van der Waals surface area (Å²) in [4.78, 5) is 0. The number of rotatable bonds is 7. The topological polar surface area (TPSA) is 39.1 Å². The third-order valence-corrected chi connectivity index (χ3v) is 2.78. The first-order valence-corrected chi connectivity index (χ1v) is 5.98. The Morgan fingerprint density at radius 1 is 1.50 bits per heavy atom. The van der Waals surface area contributed by atoms with Gasteiger partial charge in [0.15, 0.2) is 0 Å². The van der Waals surface area contributed by atoms with E-state index in [1.165, 1.54) is 5.69 Å². The van der Waals surface area contributed by atoms with Crippen molar-refractivity contribution in [1.82, 2.24) is 15.1 Å². The minimum Gasteiger partial charge on any atom is -0.380 e. The van der Waals surface area contributed by atoms with Crippen LogP contribution in [0, 0.1) is 0 Å². The molecule has 0 bridgehead atoms. The predicted molar refractivity (Wildman–Crippen MR) is 65.6 cm³/mol. The van der Waals surface area contributed by atoms with Gasteiger partial charge in [-0.15, -0.1) is 0 Å². The highest BCUT2D eigenvalue weighted by molar-refractivity contribution is 5.11. The van der Waals surface area contributed by atoms with Crippen LogP contribution >= 0.6 is 0 Å². The molecule has 0 fully saturated rings. The molecule has 16 heavy (non-hydrogen) atoms. The van der Waals surface area contributed by atoms with Crippen LogP contribution in [-0.2, 0) is 24.6 Å². The normalized spacial score (nSPS) is 13.0. The zero-order valence-corrected chi connectivity index (χ0v) is 10.8. The second kappa shape index (κ2) is 6.66. The van der Waals surface area contributed by atoms with Crippen molar-refractivity contribution >= 4 is 0 Å². The zero-order chi connectivity index (χ0) is 12.0. The standard InChI is InChI=1S/C12H23N3O/c1-5-10-7-12(15(4)14-10)8-11(13-3)9-16-6-2/h7,11,13H,5-6,8-9H2,1-4H3. The van der Waals surface area contributed by atoms with E-state index >= 15 is 0 Å². The number of aromatic nitrogens is 2. The van der Waals surface area contributed by atoms with E-state index in [4.69, 9.17) is 4.74 Å². The van der Waals surface area contributed by atoms with Gasteiger partial charge in [0.05, 0.1) is 12.3 Å². The second-order valence-electron chi connectivity index (χ2n) is 3.95. The fourth-order valence-corrected chi connectivity index (χ4v) is 1.69. The molecular formula is C12H23N3O. The Labute approximate surface area is 98.0 Å². The molecule has 0 saturated carbocycles. The van der Waals surface area contributed by atoms with E-state index in [0.29, 0.717) is 6.04 Å². The fraction of sp³-hybridized carbons (Fsp3) is 0.750. The maximum atomic E-state index is 5.44. The maximum absolute atomic E-state index is 5.44. The smallest absolute Gasteiger partial charge is 0.0624 e. The minimum absolute atomic E-state index is 0.361. The summed E-state index contributed by atoms with van der Waals surface area (Å²) >= 11 is 0. The molecule has 92 valence electrons. The van der Waals surface area contributed by atoms with E-state index in [2.05, 4.69) is 23.4 Å². The van der Waals surface area contributed by atoms with Gasteiger partial charge in [-0.05, 0) is 26.5 Å². The summed E-state index contributed by atoms with van der Waals surface area (Å²) < 4.78 is 7.41. The summed E-state index contributed by atoms with van der Waals surface area (Å²) in [6.07, 6.45) is 1.95.